The maximum Gasteiger partial charge on any atom is 0.317 e. The second kappa shape index (κ2) is 4.37. The summed E-state index contributed by atoms with van der Waals surface area (Å²) >= 11 is 3.36. The van der Waals surface area contributed by atoms with E-state index in [0.717, 1.165) is 10.0 Å². The van der Waals surface area contributed by atoms with Crippen LogP contribution in [0.2, 0.25) is 0 Å². The van der Waals surface area contributed by atoms with Gasteiger partial charge in [-0.2, -0.15) is 0 Å². The van der Waals surface area contributed by atoms with Crippen LogP contribution in [-0.2, 0) is 14.3 Å². The Morgan fingerprint density at radius 3 is 2.81 bits per heavy atom. The molecule has 1 aromatic rings. The average Bonchev–Trinajstić information content (AvgIpc) is 2.60. The lowest BCUT2D eigenvalue weighted by Gasteiger charge is -2.08. The van der Waals surface area contributed by atoms with Gasteiger partial charge in [0.25, 0.3) is 0 Å². The maximum absolute atomic E-state index is 11.4. The molecule has 4 heteroatoms. The lowest BCUT2D eigenvalue weighted by atomic mass is 9.97. The summed E-state index contributed by atoms with van der Waals surface area (Å²) in [6.07, 6.45) is 0.156. The highest BCUT2D eigenvalue weighted by Crippen LogP contribution is 2.34. The summed E-state index contributed by atoms with van der Waals surface area (Å²) in [5, 5.41) is 0. The van der Waals surface area contributed by atoms with Crippen LogP contribution in [0.4, 0.5) is 0 Å². The molecule has 2 rings (SSSR count). The molecule has 2 atom stereocenters. The summed E-state index contributed by atoms with van der Waals surface area (Å²) in [6.45, 7) is 1.43. The van der Waals surface area contributed by atoms with Crippen LogP contribution in [0.1, 0.15) is 25.0 Å². The Balaban J connectivity index is 2.20. The summed E-state index contributed by atoms with van der Waals surface area (Å²) in [4.78, 5) is 22.6. The van der Waals surface area contributed by atoms with Crippen LogP contribution in [-0.4, -0.2) is 11.8 Å². The van der Waals surface area contributed by atoms with E-state index in [2.05, 4.69) is 15.9 Å². The first kappa shape index (κ1) is 11.3. The topological polar surface area (TPSA) is 43.4 Å². The standard InChI is InChI=1S/C12H11BrO3/c1-7(14)10-6-11(16-12(10)15)8-3-2-4-9(13)5-8/h2-5,10-11H,6H2,1H3. The molecule has 1 saturated heterocycles. The highest BCUT2D eigenvalue weighted by atomic mass is 79.9. The second-order valence-electron chi connectivity index (χ2n) is 3.88. The van der Waals surface area contributed by atoms with E-state index in [4.69, 9.17) is 4.74 Å². The molecule has 0 saturated carbocycles. The van der Waals surface area contributed by atoms with Gasteiger partial charge < -0.3 is 4.74 Å². The van der Waals surface area contributed by atoms with Crippen molar-refractivity contribution in [2.75, 3.05) is 0 Å². The van der Waals surface area contributed by atoms with Gasteiger partial charge in [-0.3, -0.25) is 9.59 Å². The zero-order valence-corrected chi connectivity index (χ0v) is 10.4. The van der Waals surface area contributed by atoms with E-state index in [1.165, 1.54) is 6.92 Å². The molecule has 1 aliphatic heterocycles. The number of carbonyl (C=O) groups excluding carboxylic acids is 2. The lowest BCUT2D eigenvalue weighted by Crippen LogP contribution is -2.15. The summed E-state index contributed by atoms with van der Waals surface area (Å²) in [6, 6.07) is 7.59. The largest absolute Gasteiger partial charge is 0.457 e. The van der Waals surface area contributed by atoms with Crippen LogP contribution < -0.4 is 0 Å². The quantitative estimate of drug-likeness (QED) is 0.619. The fourth-order valence-electron chi connectivity index (χ4n) is 1.82. The van der Waals surface area contributed by atoms with Crippen LogP contribution in [0.15, 0.2) is 28.7 Å². The number of Topliss-reactive ketones (excluding diaryl/α,β-unsaturated/α-hetero) is 1. The Hall–Kier alpha value is -1.16. The van der Waals surface area contributed by atoms with Crippen molar-refractivity contribution in [2.24, 2.45) is 5.92 Å². The SMILES string of the molecule is CC(=O)C1CC(c2cccc(Br)c2)OC1=O. The Bertz CT molecular complexity index is 442. The summed E-state index contributed by atoms with van der Waals surface area (Å²) in [5.41, 5.74) is 0.923. The number of ketones is 1. The van der Waals surface area contributed by atoms with Crippen molar-refractivity contribution in [3.8, 4) is 0 Å². The minimum Gasteiger partial charge on any atom is -0.457 e. The van der Waals surface area contributed by atoms with Crippen molar-refractivity contribution in [1.29, 1.82) is 0 Å². The van der Waals surface area contributed by atoms with Crippen molar-refractivity contribution in [3.63, 3.8) is 0 Å². The number of ether oxygens (including phenoxy) is 1. The molecule has 3 nitrogen and oxygen atoms in total. The molecule has 0 N–H and O–H groups in total. The van der Waals surface area contributed by atoms with Gasteiger partial charge in [0.1, 0.15) is 17.8 Å². The van der Waals surface area contributed by atoms with E-state index in [9.17, 15) is 9.59 Å². The minimum atomic E-state index is -0.594. The number of halogens is 1. The lowest BCUT2D eigenvalue weighted by molar-refractivity contribution is -0.146. The first-order valence-corrected chi connectivity index (χ1v) is 5.83. The number of carbonyl (C=O) groups is 2. The number of rotatable bonds is 2. The van der Waals surface area contributed by atoms with Gasteiger partial charge in [-0.15, -0.1) is 0 Å². The molecule has 0 spiro atoms. The Labute approximate surface area is 102 Å². The van der Waals surface area contributed by atoms with Crippen molar-refractivity contribution in [1.82, 2.24) is 0 Å². The molecule has 84 valence electrons. The molecule has 0 amide bonds. The van der Waals surface area contributed by atoms with E-state index in [1.54, 1.807) is 0 Å². The first-order valence-electron chi connectivity index (χ1n) is 5.04. The first-order chi connectivity index (χ1) is 7.58. The van der Waals surface area contributed by atoms with Gasteiger partial charge in [0.05, 0.1) is 0 Å². The van der Waals surface area contributed by atoms with Gasteiger partial charge >= 0.3 is 5.97 Å². The number of benzene rings is 1. The van der Waals surface area contributed by atoms with Crippen molar-refractivity contribution in [3.05, 3.63) is 34.3 Å². The highest BCUT2D eigenvalue weighted by molar-refractivity contribution is 9.10. The van der Waals surface area contributed by atoms with Crippen LogP contribution in [0.5, 0.6) is 0 Å². The van der Waals surface area contributed by atoms with E-state index in [0.29, 0.717) is 6.42 Å². The van der Waals surface area contributed by atoms with Crippen molar-refractivity contribution in [2.45, 2.75) is 19.4 Å². The van der Waals surface area contributed by atoms with E-state index in [1.807, 2.05) is 24.3 Å². The molecular formula is C12H11BrO3. The molecule has 0 aliphatic carbocycles. The van der Waals surface area contributed by atoms with Gasteiger partial charge in [0.15, 0.2) is 0 Å². The van der Waals surface area contributed by atoms with Gasteiger partial charge in [-0.1, -0.05) is 28.1 Å². The van der Waals surface area contributed by atoms with Crippen molar-refractivity contribution < 1.29 is 14.3 Å². The second-order valence-corrected chi connectivity index (χ2v) is 4.80. The smallest absolute Gasteiger partial charge is 0.317 e. The molecule has 1 aromatic carbocycles. The predicted molar refractivity (Wildman–Crippen MR) is 61.8 cm³/mol. The molecule has 0 bridgehead atoms. The Kier molecular flexibility index (Phi) is 3.10. The van der Waals surface area contributed by atoms with Gasteiger partial charge in [0.2, 0.25) is 0 Å². The summed E-state index contributed by atoms with van der Waals surface area (Å²) in [7, 11) is 0. The number of esters is 1. The minimum absolute atomic E-state index is 0.123. The third kappa shape index (κ3) is 2.16. The summed E-state index contributed by atoms with van der Waals surface area (Å²) in [5.74, 6) is -1.12. The highest BCUT2D eigenvalue weighted by Gasteiger charge is 2.38. The Morgan fingerprint density at radius 1 is 1.50 bits per heavy atom. The van der Waals surface area contributed by atoms with Crippen LogP contribution >= 0.6 is 15.9 Å². The third-order valence-corrected chi connectivity index (χ3v) is 3.20. The molecular weight excluding hydrogens is 272 g/mol. The van der Waals surface area contributed by atoms with E-state index in [-0.39, 0.29) is 11.9 Å². The third-order valence-electron chi connectivity index (χ3n) is 2.70. The molecule has 1 heterocycles. The number of hydrogen-bond acceptors (Lipinski definition) is 3. The molecule has 1 aliphatic rings. The van der Waals surface area contributed by atoms with Gasteiger partial charge in [-0.05, 0) is 24.6 Å². The van der Waals surface area contributed by atoms with Crippen molar-refractivity contribution >= 4 is 27.7 Å². The van der Waals surface area contributed by atoms with Crippen LogP contribution in [0, 0.1) is 5.92 Å². The van der Waals surface area contributed by atoms with Crippen LogP contribution in [0.3, 0.4) is 0 Å². The predicted octanol–water partition coefficient (Wildman–Crippen LogP) is 2.64. The van der Waals surface area contributed by atoms with Gasteiger partial charge in [0, 0.05) is 10.9 Å². The van der Waals surface area contributed by atoms with E-state index < -0.39 is 11.9 Å². The zero-order valence-electron chi connectivity index (χ0n) is 8.77. The normalized spacial score (nSPS) is 24.2. The van der Waals surface area contributed by atoms with Gasteiger partial charge in [-0.25, -0.2) is 0 Å². The number of cyclic esters (lactones) is 1. The molecule has 16 heavy (non-hydrogen) atoms. The van der Waals surface area contributed by atoms with E-state index >= 15 is 0 Å². The average molecular weight is 283 g/mol. The number of hydrogen-bond donors (Lipinski definition) is 0. The maximum atomic E-state index is 11.4. The monoisotopic (exact) mass is 282 g/mol. The van der Waals surface area contributed by atoms with Crippen LogP contribution in [0.25, 0.3) is 0 Å². The zero-order chi connectivity index (χ0) is 11.7. The fourth-order valence-corrected chi connectivity index (χ4v) is 2.24. The molecule has 2 unspecified atom stereocenters. The molecule has 0 aromatic heterocycles. The molecule has 0 radical (unpaired) electrons. The Morgan fingerprint density at radius 2 is 2.25 bits per heavy atom. The molecule has 1 fully saturated rings. The fraction of sp³-hybridized carbons (Fsp3) is 0.333. The summed E-state index contributed by atoms with van der Waals surface area (Å²) < 4.78 is 6.13.